The number of ketones is 1. The van der Waals surface area contributed by atoms with Gasteiger partial charge in [0.1, 0.15) is 5.71 Å². The van der Waals surface area contributed by atoms with Crippen molar-refractivity contribution < 1.29 is 4.79 Å². The molecule has 5 nitrogen and oxygen atoms in total. The van der Waals surface area contributed by atoms with Crippen molar-refractivity contribution in [3.63, 3.8) is 0 Å². The van der Waals surface area contributed by atoms with E-state index >= 15 is 0 Å². The zero-order chi connectivity index (χ0) is 13.7. The Hall–Kier alpha value is -2.17. The minimum absolute atomic E-state index is 0.132. The second-order valence-corrected chi connectivity index (χ2v) is 4.64. The molecule has 1 aromatic rings. The predicted molar refractivity (Wildman–Crippen MR) is 77.9 cm³/mol. The Morgan fingerprint density at radius 1 is 1.26 bits per heavy atom. The molecule has 1 saturated carbocycles. The van der Waals surface area contributed by atoms with Crippen molar-refractivity contribution in [2.75, 3.05) is 11.2 Å². The van der Waals surface area contributed by atoms with E-state index in [1.807, 2.05) is 0 Å². The summed E-state index contributed by atoms with van der Waals surface area (Å²) in [7, 11) is 0. The molecule has 0 unspecified atom stereocenters. The number of nitrogens with two attached hydrogens (primary N) is 1. The Balaban J connectivity index is 2.12. The minimum Gasteiger partial charge on any atom is -0.398 e. The molecule has 1 aliphatic rings. The fourth-order valence-electron chi connectivity index (χ4n) is 2.06. The van der Waals surface area contributed by atoms with E-state index in [0.717, 1.165) is 31.4 Å². The quantitative estimate of drug-likeness (QED) is 0.337. The zero-order valence-corrected chi connectivity index (χ0v) is 10.8. The van der Waals surface area contributed by atoms with Gasteiger partial charge in [0.05, 0.1) is 5.69 Å². The number of anilines is 2. The van der Waals surface area contributed by atoms with Crippen LogP contribution in [-0.2, 0) is 4.79 Å². The number of hydrogen-bond donors (Lipinski definition) is 3. The van der Waals surface area contributed by atoms with E-state index < -0.39 is 0 Å². The van der Waals surface area contributed by atoms with Crippen LogP contribution in [0, 0.1) is 5.41 Å². The Morgan fingerprint density at radius 2 is 2.05 bits per heavy atom. The van der Waals surface area contributed by atoms with Crippen LogP contribution in [0.15, 0.2) is 23.3 Å². The van der Waals surface area contributed by atoms with Gasteiger partial charge in [-0.05, 0) is 37.5 Å². The molecule has 0 atom stereocenters. The summed E-state index contributed by atoms with van der Waals surface area (Å²) in [5, 5.41) is 11.4. The molecule has 0 saturated heterocycles. The van der Waals surface area contributed by atoms with Crippen LogP contribution in [0.5, 0.6) is 0 Å². The van der Waals surface area contributed by atoms with Gasteiger partial charge in [-0.25, -0.2) is 0 Å². The lowest BCUT2D eigenvalue weighted by molar-refractivity contribution is -0.113. The molecule has 100 valence electrons. The number of benzene rings is 1. The van der Waals surface area contributed by atoms with Crippen molar-refractivity contribution in [1.29, 1.82) is 5.41 Å². The lowest BCUT2D eigenvalue weighted by Gasteiger charge is -2.06. The van der Waals surface area contributed by atoms with Gasteiger partial charge in [0.25, 0.3) is 0 Å². The SMILES string of the molecule is N=Cc1cc(N/N=C2\CCCCCC2=O)ccc1N. The van der Waals surface area contributed by atoms with Gasteiger partial charge in [0.2, 0.25) is 0 Å². The predicted octanol–water partition coefficient (Wildman–Crippen LogP) is 2.57. The first-order valence-corrected chi connectivity index (χ1v) is 6.46. The Kier molecular flexibility index (Phi) is 4.28. The summed E-state index contributed by atoms with van der Waals surface area (Å²) in [6.45, 7) is 0. The van der Waals surface area contributed by atoms with E-state index in [2.05, 4.69) is 10.5 Å². The monoisotopic (exact) mass is 258 g/mol. The van der Waals surface area contributed by atoms with Crippen molar-refractivity contribution >= 4 is 29.1 Å². The summed E-state index contributed by atoms with van der Waals surface area (Å²) < 4.78 is 0. The molecule has 0 heterocycles. The van der Waals surface area contributed by atoms with Crippen molar-refractivity contribution in [1.82, 2.24) is 0 Å². The first-order chi connectivity index (χ1) is 9.20. The summed E-state index contributed by atoms with van der Waals surface area (Å²) >= 11 is 0. The molecular formula is C14H18N4O. The van der Waals surface area contributed by atoms with Gasteiger partial charge in [0.15, 0.2) is 5.78 Å². The van der Waals surface area contributed by atoms with Crippen LogP contribution in [-0.4, -0.2) is 17.7 Å². The van der Waals surface area contributed by atoms with Crippen LogP contribution in [0.3, 0.4) is 0 Å². The highest BCUT2D eigenvalue weighted by Gasteiger charge is 2.14. The van der Waals surface area contributed by atoms with Gasteiger partial charge in [-0.2, -0.15) is 5.10 Å². The maximum atomic E-state index is 11.8. The average Bonchev–Trinajstić information content (AvgIpc) is 2.62. The van der Waals surface area contributed by atoms with E-state index in [1.165, 1.54) is 6.21 Å². The third-order valence-corrected chi connectivity index (χ3v) is 3.20. The molecule has 0 spiro atoms. The molecule has 1 aliphatic carbocycles. The molecule has 0 radical (unpaired) electrons. The Morgan fingerprint density at radius 3 is 2.84 bits per heavy atom. The molecule has 0 aromatic heterocycles. The van der Waals surface area contributed by atoms with Gasteiger partial charge >= 0.3 is 0 Å². The summed E-state index contributed by atoms with van der Waals surface area (Å²) in [5.41, 5.74) is 11.1. The molecule has 4 N–H and O–H groups in total. The zero-order valence-electron chi connectivity index (χ0n) is 10.8. The minimum atomic E-state index is 0.132. The van der Waals surface area contributed by atoms with Crippen LogP contribution in [0.1, 0.15) is 37.7 Å². The van der Waals surface area contributed by atoms with Crippen LogP contribution in [0.4, 0.5) is 11.4 Å². The number of nitrogens with one attached hydrogen (secondary N) is 2. The highest BCUT2D eigenvalue weighted by Crippen LogP contribution is 2.17. The van der Waals surface area contributed by atoms with Crippen molar-refractivity contribution in [3.05, 3.63) is 23.8 Å². The number of carbonyl (C=O) groups is 1. The Bertz CT molecular complexity index is 522. The molecule has 0 amide bonds. The van der Waals surface area contributed by atoms with Gasteiger partial charge in [0, 0.05) is 23.9 Å². The third-order valence-electron chi connectivity index (χ3n) is 3.20. The molecule has 2 rings (SSSR count). The van der Waals surface area contributed by atoms with Gasteiger partial charge in [-0.15, -0.1) is 0 Å². The second-order valence-electron chi connectivity index (χ2n) is 4.64. The average molecular weight is 258 g/mol. The van der Waals surface area contributed by atoms with Crippen LogP contribution >= 0.6 is 0 Å². The van der Waals surface area contributed by atoms with Crippen molar-refractivity contribution in [3.8, 4) is 0 Å². The van der Waals surface area contributed by atoms with Crippen LogP contribution < -0.4 is 11.2 Å². The second kappa shape index (κ2) is 6.13. The number of Topliss-reactive ketones (excluding diaryl/α,β-unsaturated/α-hetero) is 1. The molecule has 0 aliphatic heterocycles. The van der Waals surface area contributed by atoms with Gasteiger partial charge < -0.3 is 11.1 Å². The van der Waals surface area contributed by atoms with Crippen molar-refractivity contribution in [2.24, 2.45) is 5.10 Å². The third kappa shape index (κ3) is 3.40. The number of hydrazone groups is 1. The van der Waals surface area contributed by atoms with E-state index in [1.54, 1.807) is 18.2 Å². The fourth-order valence-corrected chi connectivity index (χ4v) is 2.06. The Labute approximate surface area is 112 Å². The summed E-state index contributed by atoms with van der Waals surface area (Å²) in [6.07, 6.45) is 5.58. The standard InChI is InChI=1S/C14H18N4O/c15-9-10-8-11(6-7-12(10)16)17-18-13-4-2-1-3-5-14(13)19/h6-9,15,17H,1-5,16H2/b15-9?,18-13+. The summed E-state index contributed by atoms with van der Waals surface area (Å²) in [4.78, 5) is 11.8. The first-order valence-electron chi connectivity index (χ1n) is 6.46. The van der Waals surface area contributed by atoms with Crippen LogP contribution in [0.2, 0.25) is 0 Å². The molecule has 19 heavy (non-hydrogen) atoms. The number of nitrogens with zero attached hydrogens (tertiary/aromatic N) is 1. The maximum Gasteiger partial charge on any atom is 0.178 e. The summed E-state index contributed by atoms with van der Waals surface area (Å²) in [6, 6.07) is 5.25. The first kappa shape index (κ1) is 13.3. The molecule has 1 fully saturated rings. The molecular weight excluding hydrogens is 240 g/mol. The van der Waals surface area contributed by atoms with Gasteiger partial charge in [-0.1, -0.05) is 6.42 Å². The van der Waals surface area contributed by atoms with Crippen molar-refractivity contribution in [2.45, 2.75) is 32.1 Å². The number of rotatable bonds is 3. The highest BCUT2D eigenvalue weighted by molar-refractivity contribution is 6.40. The normalized spacial score (nSPS) is 18.1. The topological polar surface area (TPSA) is 91.3 Å². The smallest absolute Gasteiger partial charge is 0.178 e. The molecule has 0 bridgehead atoms. The van der Waals surface area contributed by atoms with E-state index in [-0.39, 0.29) is 5.78 Å². The largest absolute Gasteiger partial charge is 0.398 e. The van der Waals surface area contributed by atoms with Crippen LogP contribution in [0.25, 0.3) is 0 Å². The number of hydrogen-bond acceptors (Lipinski definition) is 5. The lowest BCUT2D eigenvalue weighted by Crippen LogP contribution is -2.13. The van der Waals surface area contributed by atoms with E-state index in [4.69, 9.17) is 11.1 Å². The van der Waals surface area contributed by atoms with E-state index in [9.17, 15) is 4.79 Å². The number of carbonyl (C=O) groups excluding carboxylic acids is 1. The molecule has 1 aromatic carbocycles. The highest BCUT2D eigenvalue weighted by atomic mass is 16.1. The fraction of sp³-hybridized carbons (Fsp3) is 0.357. The van der Waals surface area contributed by atoms with Gasteiger partial charge in [-0.3, -0.25) is 10.2 Å². The maximum absolute atomic E-state index is 11.8. The number of nitrogen functional groups attached to an aromatic ring is 1. The summed E-state index contributed by atoms with van der Waals surface area (Å²) in [5.74, 6) is 0.132. The molecule has 5 heteroatoms. The van der Waals surface area contributed by atoms with E-state index in [0.29, 0.717) is 23.4 Å². The lowest BCUT2D eigenvalue weighted by atomic mass is 10.1.